The van der Waals surface area contributed by atoms with Gasteiger partial charge in [0.15, 0.2) is 5.82 Å². The first-order chi connectivity index (χ1) is 14.0. The molecule has 0 fully saturated rings. The first-order valence-electron chi connectivity index (χ1n) is 10.0. The normalized spacial score (nSPS) is 13.8. The lowest BCUT2D eigenvalue weighted by Crippen LogP contribution is -2.50. The minimum atomic E-state index is -1.74. The van der Waals surface area contributed by atoms with Crippen LogP contribution in [-0.4, -0.2) is 23.0 Å². The van der Waals surface area contributed by atoms with Crippen LogP contribution < -0.4 is 10.4 Å². The first-order valence-corrected chi connectivity index (χ1v) is 13.0. The maximum absolute atomic E-state index is 4.81. The van der Waals surface area contributed by atoms with Crippen LogP contribution in [0, 0.1) is 6.92 Å². The summed E-state index contributed by atoms with van der Waals surface area (Å²) in [5.41, 5.74) is 5.17. The van der Waals surface area contributed by atoms with Crippen molar-refractivity contribution in [3.05, 3.63) is 90.0 Å². The molecule has 142 valence electrons. The van der Waals surface area contributed by atoms with Gasteiger partial charge in [-0.1, -0.05) is 85.9 Å². The molecule has 29 heavy (non-hydrogen) atoms. The van der Waals surface area contributed by atoms with Crippen molar-refractivity contribution >= 4 is 18.4 Å². The molecule has 1 aromatic heterocycles. The van der Waals surface area contributed by atoms with Crippen LogP contribution in [0.3, 0.4) is 0 Å². The third kappa shape index (κ3) is 3.00. The second-order valence-electron chi connectivity index (χ2n) is 8.18. The van der Waals surface area contributed by atoms with Gasteiger partial charge in [0.05, 0.1) is 0 Å². The lowest BCUT2D eigenvalue weighted by atomic mass is 10.0. The highest BCUT2D eigenvalue weighted by atomic mass is 28.3. The van der Waals surface area contributed by atoms with E-state index in [0.717, 1.165) is 29.5 Å². The Balaban J connectivity index is 1.60. The summed E-state index contributed by atoms with van der Waals surface area (Å²) in [5.74, 6) is 2.35. The molecule has 0 saturated heterocycles. The molecule has 0 saturated carbocycles. The number of rotatable bonds is 3. The summed E-state index contributed by atoms with van der Waals surface area (Å²) in [4.78, 5) is 14.1. The topological polar surface area (TPSA) is 38.7 Å². The summed E-state index contributed by atoms with van der Waals surface area (Å²) in [6.45, 7) is 6.85. The van der Waals surface area contributed by atoms with Crippen LogP contribution in [0.5, 0.6) is 0 Å². The molecule has 4 aromatic rings. The molecule has 3 aromatic carbocycles. The monoisotopic (exact) mass is 393 g/mol. The van der Waals surface area contributed by atoms with Crippen LogP contribution >= 0.6 is 0 Å². The summed E-state index contributed by atoms with van der Waals surface area (Å²) in [5, 5.41) is 3.06. The van der Waals surface area contributed by atoms with Gasteiger partial charge < -0.3 is 0 Å². The summed E-state index contributed by atoms with van der Waals surface area (Å²) in [6.07, 6.45) is 0.733. The van der Waals surface area contributed by atoms with Crippen molar-refractivity contribution in [2.45, 2.75) is 26.4 Å². The number of aryl methyl sites for hydroxylation is 1. The van der Waals surface area contributed by atoms with E-state index in [2.05, 4.69) is 65.5 Å². The third-order valence-electron chi connectivity index (χ3n) is 5.84. The van der Waals surface area contributed by atoms with Gasteiger partial charge in [0.1, 0.15) is 19.7 Å². The van der Waals surface area contributed by atoms with E-state index in [4.69, 9.17) is 4.98 Å². The number of hydrogen-bond donors (Lipinski definition) is 0. The zero-order chi connectivity index (χ0) is 20.0. The Morgan fingerprint density at radius 1 is 0.724 bits per heavy atom. The predicted molar refractivity (Wildman–Crippen MR) is 121 cm³/mol. The number of aromatic nitrogens is 3. The molecule has 0 unspecified atom stereocenters. The van der Waals surface area contributed by atoms with Crippen molar-refractivity contribution in [1.29, 1.82) is 0 Å². The summed E-state index contributed by atoms with van der Waals surface area (Å²) in [7, 11) is -1.74. The van der Waals surface area contributed by atoms with E-state index in [1.807, 2.05) is 37.3 Å². The molecular weight excluding hydrogens is 370 g/mol. The molecular formula is C25H23N3Si. The molecule has 4 heteroatoms. The van der Waals surface area contributed by atoms with Gasteiger partial charge in [-0.2, -0.15) is 0 Å². The third-order valence-corrected chi connectivity index (χ3v) is 9.46. The van der Waals surface area contributed by atoms with Crippen molar-refractivity contribution in [1.82, 2.24) is 15.0 Å². The second kappa shape index (κ2) is 6.74. The summed E-state index contributed by atoms with van der Waals surface area (Å²) < 4.78 is 0. The first kappa shape index (κ1) is 17.9. The van der Waals surface area contributed by atoms with E-state index in [9.17, 15) is 0 Å². The van der Waals surface area contributed by atoms with Crippen molar-refractivity contribution in [3.63, 3.8) is 0 Å². The van der Waals surface area contributed by atoms with Crippen LogP contribution in [0.15, 0.2) is 72.8 Å². The fourth-order valence-electron chi connectivity index (χ4n) is 4.61. The minimum Gasteiger partial charge on any atom is -0.218 e. The number of nitrogens with zero attached hydrogens (tertiary/aromatic N) is 3. The summed E-state index contributed by atoms with van der Waals surface area (Å²) >= 11 is 0. The average Bonchev–Trinajstić information content (AvgIpc) is 2.97. The lowest BCUT2D eigenvalue weighted by molar-refractivity contribution is 0.888. The molecule has 0 radical (unpaired) electrons. The van der Waals surface area contributed by atoms with Crippen molar-refractivity contribution < 1.29 is 0 Å². The highest BCUT2D eigenvalue weighted by Gasteiger charge is 2.38. The van der Waals surface area contributed by atoms with E-state index in [1.165, 1.54) is 27.1 Å². The standard InChI is InChI=1S/C25H23N3Si/c1-17-26-23(28-25(27-17)18-10-5-4-6-11-18)16-19-12-9-14-21-20-13-7-8-15-22(20)29(2,3)24(19)21/h4-15H,16H2,1-3H3. The zero-order valence-electron chi connectivity index (χ0n) is 17.0. The molecule has 0 spiro atoms. The molecule has 0 bridgehead atoms. The minimum absolute atomic E-state index is 0.733. The van der Waals surface area contributed by atoms with E-state index in [-0.39, 0.29) is 0 Å². The van der Waals surface area contributed by atoms with Crippen LogP contribution in [-0.2, 0) is 6.42 Å². The maximum atomic E-state index is 4.81. The Morgan fingerprint density at radius 2 is 1.45 bits per heavy atom. The van der Waals surface area contributed by atoms with Gasteiger partial charge in [-0.05, 0) is 34.0 Å². The van der Waals surface area contributed by atoms with Gasteiger partial charge in [-0.25, -0.2) is 15.0 Å². The molecule has 1 aliphatic heterocycles. The zero-order valence-corrected chi connectivity index (χ0v) is 18.0. The Hall–Kier alpha value is -3.11. The van der Waals surface area contributed by atoms with Gasteiger partial charge in [-0.3, -0.25) is 0 Å². The largest absolute Gasteiger partial charge is 0.218 e. The van der Waals surface area contributed by atoms with Gasteiger partial charge >= 0.3 is 0 Å². The van der Waals surface area contributed by atoms with Crippen LogP contribution in [0.25, 0.3) is 22.5 Å². The van der Waals surface area contributed by atoms with Crippen molar-refractivity contribution in [2.24, 2.45) is 0 Å². The Labute approximate surface area is 172 Å². The van der Waals surface area contributed by atoms with Gasteiger partial charge in [0.25, 0.3) is 0 Å². The fraction of sp³-hybridized carbons (Fsp3) is 0.160. The lowest BCUT2D eigenvalue weighted by Gasteiger charge is -2.22. The molecule has 0 atom stereocenters. The Kier molecular flexibility index (Phi) is 4.17. The molecule has 2 heterocycles. The van der Waals surface area contributed by atoms with E-state index in [1.54, 1.807) is 0 Å². The highest BCUT2D eigenvalue weighted by molar-refractivity contribution is 7.04. The van der Waals surface area contributed by atoms with Gasteiger partial charge in [-0.15, -0.1) is 0 Å². The Morgan fingerprint density at radius 3 is 2.28 bits per heavy atom. The summed E-state index contributed by atoms with van der Waals surface area (Å²) in [6, 6.07) is 25.7. The van der Waals surface area contributed by atoms with Crippen molar-refractivity contribution in [3.8, 4) is 22.5 Å². The molecule has 5 rings (SSSR count). The quantitative estimate of drug-likeness (QED) is 0.489. The Bertz CT molecular complexity index is 1220. The molecule has 0 amide bonds. The molecule has 0 aliphatic carbocycles. The second-order valence-corrected chi connectivity index (χ2v) is 12.5. The van der Waals surface area contributed by atoms with Crippen LogP contribution in [0.4, 0.5) is 0 Å². The average molecular weight is 394 g/mol. The number of hydrogen-bond acceptors (Lipinski definition) is 3. The van der Waals surface area contributed by atoms with E-state index < -0.39 is 8.07 Å². The van der Waals surface area contributed by atoms with Crippen LogP contribution in [0.1, 0.15) is 17.2 Å². The van der Waals surface area contributed by atoms with Gasteiger partial charge in [0, 0.05) is 12.0 Å². The van der Waals surface area contributed by atoms with E-state index >= 15 is 0 Å². The van der Waals surface area contributed by atoms with Crippen molar-refractivity contribution in [2.75, 3.05) is 0 Å². The number of benzene rings is 3. The maximum Gasteiger partial charge on any atom is 0.163 e. The highest BCUT2D eigenvalue weighted by Crippen LogP contribution is 2.30. The predicted octanol–water partition coefficient (Wildman–Crippen LogP) is 4.24. The van der Waals surface area contributed by atoms with Crippen LogP contribution in [0.2, 0.25) is 13.1 Å². The van der Waals surface area contributed by atoms with E-state index in [0.29, 0.717) is 0 Å². The fourth-order valence-corrected chi connectivity index (χ4v) is 8.15. The smallest absolute Gasteiger partial charge is 0.163 e. The molecule has 3 nitrogen and oxygen atoms in total. The van der Waals surface area contributed by atoms with Gasteiger partial charge in [0.2, 0.25) is 0 Å². The molecule has 0 N–H and O–H groups in total. The molecule has 1 aliphatic rings. The number of fused-ring (bicyclic) bond motifs is 3. The SMILES string of the molecule is Cc1nc(Cc2cccc3c2[Si](C)(C)c2ccccc2-3)nc(-c2ccccc2)n1.